The highest BCUT2D eigenvalue weighted by molar-refractivity contribution is 7.85. The summed E-state index contributed by atoms with van der Waals surface area (Å²) in [7, 11) is -4.36. The van der Waals surface area contributed by atoms with Crippen molar-refractivity contribution in [1.29, 1.82) is 0 Å². The molecule has 3 N–H and O–H groups in total. The summed E-state index contributed by atoms with van der Waals surface area (Å²) in [6, 6.07) is -1.08. The third-order valence-corrected chi connectivity index (χ3v) is 12.3. The summed E-state index contributed by atoms with van der Waals surface area (Å²) in [6.45, 7) is 4.54. The number of amides is 1. The molecule has 0 saturated carbocycles. The number of carbonyl (C=O) groups is 1. The topological polar surface area (TPSA) is 104 Å². The largest absolute Gasteiger partial charge is 0.387 e. The molecule has 0 spiro atoms. The van der Waals surface area contributed by atoms with Gasteiger partial charge in [0.2, 0.25) is 5.91 Å². The molecule has 7 heteroatoms. The van der Waals surface area contributed by atoms with Gasteiger partial charge < -0.3 is 10.4 Å². The zero-order valence-corrected chi connectivity index (χ0v) is 39.7. The first-order valence-electron chi connectivity index (χ1n) is 25.3. The molecule has 0 heterocycles. The molecule has 59 heavy (non-hydrogen) atoms. The number of hydrogen-bond donors (Lipinski definition) is 3. The Bertz CT molecular complexity index is 1110. The molecule has 0 saturated heterocycles. The van der Waals surface area contributed by atoms with Gasteiger partial charge in [0.1, 0.15) is 0 Å². The molecular weight excluding hydrogens is 751 g/mol. The van der Waals surface area contributed by atoms with Crippen molar-refractivity contribution in [3.8, 4) is 0 Å². The lowest BCUT2D eigenvalue weighted by molar-refractivity contribution is -0.122. The molecule has 0 fully saturated rings. The summed E-state index contributed by atoms with van der Waals surface area (Å²) in [5.41, 5.74) is 0. The molecule has 0 aromatic carbocycles. The van der Waals surface area contributed by atoms with Crippen molar-refractivity contribution in [3.63, 3.8) is 0 Å². The average Bonchev–Trinajstić information content (AvgIpc) is 3.20. The highest BCUT2D eigenvalue weighted by atomic mass is 32.2. The molecule has 0 aliphatic carbocycles. The number of hydrogen-bond acceptors (Lipinski definition) is 4. The summed E-state index contributed by atoms with van der Waals surface area (Å²) < 4.78 is 32.7. The van der Waals surface area contributed by atoms with Gasteiger partial charge in [-0.25, -0.2) is 0 Å². The molecule has 346 valence electrons. The van der Waals surface area contributed by atoms with E-state index >= 15 is 0 Å². The van der Waals surface area contributed by atoms with Gasteiger partial charge in [-0.05, 0) is 64.2 Å². The normalized spacial score (nSPS) is 13.5. The molecule has 0 rings (SSSR count). The molecule has 2 unspecified atom stereocenters. The van der Waals surface area contributed by atoms with Crippen molar-refractivity contribution >= 4 is 16.0 Å². The van der Waals surface area contributed by atoms with Gasteiger partial charge in [0.25, 0.3) is 10.1 Å². The van der Waals surface area contributed by atoms with Crippen molar-refractivity contribution in [2.75, 3.05) is 5.75 Å². The molecule has 0 aromatic heterocycles. The Morgan fingerprint density at radius 1 is 0.458 bits per heavy atom. The second kappa shape index (κ2) is 45.8. The van der Waals surface area contributed by atoms with Crippen LogP contribution in [-0.4, -0.2) is 41.9 Å². The number of carbonyl (C=O) groups excluding carboxylic acids is 1. The van der Waals surface area contributed by atoms with Crippen LogP contribution in [0.15, 0.2) is 48.6 Å². The highest BCUT2D eigenvalue weighted by Crippen LogP contribution is 2.16. The van der Waals surface area contributed by atoms with Gasteiger partial charge in [-0.2, -0.15) is 8.42 Å². The Labute approximate surface area is 367 Å². The number of unbranched alkanes of at least 4 members (excludes halogenated alkanes) is 32. The highest BCUT2D eigenvalue weighted by Gasteiger charge is 2.24. The van der Waals surface area contributed by atoms with Crippen molar-refractivity contribution < 1.29 is 22.9 Å². The molecule has 0 bridgehead atoms. The van der Waals surface area contributed by atoms with Crippen LogP contribution in [0, 0.1) is 0 Å². The van der Waals surface area contributed by atoms with Crippen molar-refractivity contribution in [2.24, 2.45) is 0 Å². The van der Waals surface area contributed by atoms with E-state index in [2.05, 4.69) is 55.6 Å². The Hall–Kier alpha value is -1.70. The van der Waals surface area contributed by atoms with Gasteiger partial charge in [0.15, 0.2) is 0 Å². The summed E-state index contributed by atoms with van der Waals surface area (Å²) in [5, 5.41) is 13.3. The minimum absolute atomic E-state index is 0.285. The van der Waals surface area contributed by atoms with Gasteiger partial charge in [0.05, 0.1) is 17.9 Å². The lowest BCUT2D eigenvalue weighted by atomic mass is 10.0. The lowest BCUT2D eigenvalue weighted by Crippen LogP contribution is -2.46. The van der Waals surface area contributed by atoms with Crippen LogP contribution in [0.2, 0.25) is 0 Å². The van der Waals surface area contributed by atoms with E-state index in [0.717, 1.165) is 38.5 Å². The number of aliphatic hydroxyl groups is 1. The minimum atomic E-state index is -4.36. The number of rotatable bonds is 46. The molecule has 1 amide bonds. The molecule has 0 aromatic rings. The van der Waals surface area contributed by atoms with Gasteiger partial charge in [-0.3, -0.25) is 9.35 Å². The number of aliphatic hydroxyl groups excluding tert-OH is 1. The molecular formula is C52H97NO5S. The van der Waals surface area contributed by atoms with E-state index < -0.39 is 28.0 Å². The van der Waals surface area contributed by atoms with Gasteiger partial charge >= 0.3 is 0 Å². The summed E-state index contributed by atoms with van der Waals surface area (Å²) >= 11 is 0. The Balaban J connectivity index is 3.84. The van der Waals surface area contributed by atoms with Crippen molar-refractivity contribution in [3.05, 3.63) is 48.6 Å². The molecule has 0 aliphatic rings. The van der Waals surface area contributed by atoms with E-state index in [1.807, 2.05) is 6.08 Å². The molecule has 6 nitrogen and oxygen atoms in total. The van der Waals surface area contributed by atoms with Crippen LogP contribution in [0.25, 0.3) is 0 Å². The van der Waals surface area contributed by atoms with Crippen LogP contribution in [-0.2, 0) is 14.9 Å². The van der Waals surface area contributed by atoms with Crippen LogP contribution in [0.1, 0.15) is 258 Å². The van der Waals surface area contributed by atoms with Crippen LogP contribution >= 0.6 is 0 Å². The van der Waals surface area contributed by atoms with E-state index in [1.165, 1.54) is 199 Å². The average molecular weight is 848 g/mol. The Kier molecular flexibility index (Phi) is 44.5. The van der Waals surface area contributed by atoms with E-state index in [9.17, 15) is 22.9 Å². The maximum atomic E-state index is 12.6. The van der Waals surface area contributed by atoms with E-state index in [4.69, 9.17) is 0 Å². The van der Waals surface area contributed by atoms with E-state index in [-0.39, 0.29) is 12.3 Å². The fraction of sp³-hybridized carbons (Fsp3) is 0.827. The third kappa shape index (κ3) is 47.2. The predicted octanol–water partition coefficient (Wildman–Crippen LogP) is 15.8. The smallest absolute Gasteiger partial charge is 0.267 e. The van der Waals surface area contributed by atoms with Crippen LogP contribution in [0.5, 0.6) is 0 Å². The first-order chi connectivity index (χ1) is 28.8. The van der Waals surface area contributed by atoms with Gasteiger partial charge in [0, 0.05) is 6.42 Å². The third-order valence-electron chi connectivity index (χ3n) is 11.5. The van der Waals surface area contributed by atoms with Crippen molar-refractivity contribution in [2.45, 2.75) is 270 Å². The zero-order chi connectivity index (χ0) is 43.2. The Morgan fingerprint density at radius 3 is 1.17 bits per heavy atom. The van der Waals surface area contributed by atoms with E-state index in [1.54, 1.807) is 0 Å². The first-order valence-corrected chi connectivity index (χ1v) is 26.9. The maximum Gasteiger partial charge on any atom is 0.267 e. The maximum absolute atomic E-state index is 12.6. The summed E-state index contributed by atoms with van der Waals surface area (Å²) in [5.74, 6) is -0.999. The fourth-order valence-electron chi connectivity index (χ4n) is 7.67. The number of nitrogens with one attached hydrogen (secondary N) is 1. The minimum Gasteiger partial charge on any atom is -0.387 e. The van der Waals surface area contributed by atoms with E-state index in [0.29, 0.717) is 6.42 Å². The second-order valence-electron chi connectivity index (χ2n) is 17.4. The quantitative estimate of drug-likeness (QED) is 0.0322. The summed E-state index contributed by atoms with van der Waals surface area (Å²) in [6.07, 6.45) is 62.6. The summed E-state index contributed by atoms with van der Waals surface area (Å²) in [4.78, 5) is 12.6. The monoisotopic (exact) mass is 848 g/mol. The second-order valence-corrected chi connectivity index (χ2v) is 18.9. The number of allylic oxidation sites excluding steroid dienone is 7. The van der Waals surface area contributed by atoms with Crippen LogP contribution in [0.3, 0.4) is 0 Å². The van der Waals surface area contributed by atoms with Crippen LogP contribution in [0.4, 0.5) is 0 Å². The zero-order valence-electron chi connectivity index (χ0n) is 38.9. The van der Waals surface area contributed by atoms with Crippen molar-refractivity contribution in [1.82, 2.24) is 5.32 Å². The van der Waals surface area contributed by atoms with Gasteiger partial charge in [-0.15, -0.1) is 0 Å². The lowest BCUT2D eigenvalue weighted by Gasteiger charge is -2.21. The first kappa shape index (κ1) is 57.3. The molecule has 2 atom stereocenters. The Morgan fingerprint density at radius 2 is 0.780 bits per heavy atom. The van der Waals surface area contributed by atoms with Crippen LogP contribution < -0.4 is 5.32 Å². The molecule has 0 radical (unpaired) electrons. The predicted molar refractivity (Wildman–Crippen MR) is 258 cm³/mol. The fourth-order valence-corrected chi connectivity index (χ4v) is 8.41. The standard InChI is InChI=1S/C52H97NO5S/c1-3-5-7-9-11-13-15-17-19-21-23-25-26-28-30-32-34-36-38-40-42-44-46-48-52(55)53-50(49-59(56,57)58)51(54)47-45-43-41-39-37-35-33-31-29-27-24-22-20-18-16-14-12-10-8-6-4-2/h15,17,21,23,37,39,45,47,50-51,54H,3-14,16,18-20,22,24-36,38,40-44,46,48-49H2,1-2H3,(H,53,55)(H,56,57,58)/b17-15-,23-21-,39-37+,47-45+. The SMILES string of the molecule is CCCCCCC/C=C\C/C=C\CCCCCCCCCCCCCC(=O)NC(CS(=O)(=O)O)C(O)/C=C/CC/C=C/CCCCCCCCCCCCCCCCC. The van der Waals surface area contributed by atoms with Gasteiger partial charge in [-0.1, -0.05) is 236 Å². The molecule has 0 aliphatic heterocycles.